The van der Waals surface area contributed by atoms with Crippen LogP contribution in [0.2, 0.25) is 10.0 Å². The van der Waals surface area contributed by atoms with Gasteiger partial charge in [-0.15, -0.1) is 0 Å². The number of halogens is 2. The van der Waals surface area contributed by atoms with Crippen molar-refractivity contribution in [3.63, 3.8) is 0 Å². The van der Waals surface area contributed by atoms with E-state index in [1.54, 1.807) is 6.07 Å². The van der Waals surface area contributed by atoms with Gasteiger partial charge in [-0.1, -0.05) is 54.0 Å². The Morgan fingerprint density at radius 3 is 2.83 bits per heavy atom. The van der Waals surface area contributed by atoms with Crippen LogP contribution in [0, 0.1) is 0 Å². The van der Waals surface area contributed by atoms with Gasteiger partial charge in [0.1, 0.15) is 6.04 Å². The van der Waals surface area contributed by atoms with Gasteiger partial charge in [0, 0.05) is 28.0 Å². The van der Waals surface area contributed by atoms with Crippen LogP contribution in [0.3, 0.4) is 0 Å². The normalized spacial score (nSPS) is 26.3. The van der Waals surface area contributed by atoms with Crippen LogP contribution in [0.1, 0.15) is 30.3 Å². The molecule has 0 bridgehead atoms. The second kappa shape index (κ2) is 6.00. The highest BCUT2D eigenvalue weighted by Crippen LogP contribution is 2.49. The van der Waals surface area contributed by atoms with Gasteiger partial charge in [-0.05, 0) is 29.8 Å². The number of benzene rings is 1. The number of hydrogen-bond donors (Lipinski definition) is 0. The Labute approximate surface area is 149 Å². The lowest BCUT2D eigenvalue weighted by molar-refractivity contribution is 0.321. The summed E-state index contributed by atoms with van der Waals surface area (Å²) in [5.74, 6) is 0. The standard InChI is InChI=1S/C17H15Cl2N3S/c1-10-9-22-16(12-6-5-11(18)8-13(12)19)15(21-17(22)23-10)14-4-2-3-7-20-14/h2-8,10,15-16H,9H2,1H3/t10-,15+,16-/m1/s1. The average molecular weight is 364 g/mol. The first-order valence-corrected chi connectivity index (χ1v) is 9.14. The van der Waals surface area contributed by atoms with Crippen LogP contribution < -0.4 is 0 Å². The van der Waals surface area contributed by atoms with Gasteiger partial charge in [-0.3, -0.25) is 9.98 Å². The molecule has 0 unspecified atom stereocenters. The van der Waals surface area contributed by atoms with Crippen LogP contribution in [0.25, 0.3) is 0 Å². The number of thioether (sulfide) groups is 1. The fraction of sp³-hybridized carbons (Fsp3) is 0.294. The maximum Gasteiger partial charge on any atom is 0.160 e. The van der Waals surface area contributed by atoms with Crippen molar-refractivity contribution in [1.29, 1.82) is 0 Å². The molecule has 4 rings (SSSR count). The first-order valence-electron chi connectivity index (χ1n) is 7.50. The second-order valence-electron chi connectivity index (χ2n) is 5.80. The molecule has 6 heteroatoms. The molecule has 2 aliphatic rings. The van der Waals surface area contributed by atoms with E-state index in [4.69, 9.17) is 28.2 Å². The molecule has 23 heavy (non-hydrogen) atoms. The molecule has 3 atom stereocenters. The second-order valence-corrected chi connectivity index (χ2v) is 8.05. The van der Waals surface area contributed by atoms with E-state index in [0.717, 1.165) is 23.0 Å². The summed E-state index contributed by atoms with van der Waals surface area (Å²) in [5, 5.41) is 2.96. The molecule has 1 fully saturated rings. The van der Waals surface area contributed by atoms with Crippen molar-refractivity contribution in [2.45, 2.75) is 24.3 Å². The highest BCUT2D eigenvalue weighted by molar-refractivity contribution is 8.14. The Morgan fingerprint density at radius 2 is 2.09 bits per heavy atom. The number of nitrogens with zero attached hydrogens (tertiary/aromatic N) is 3. The van der Waals surface area contributed by atoms with Gasteiger partial charge in [-0.25, -0.2) is 0 Å². The Hall–Kier alpha value is -1.23. The number of amidine groups is 1. The van der Waals surface area contributed by atoms with Crippen molar-refractivity contribution >= 4 is 40.1 Å². The zero-order valence-electron chi connectivity index (χ0n) is 12.5. The van der Waals surface area contributed by atoms with Gasteiger partial charge < -0.3 is 4.90 Å². The summed E-state index contributed by atoms with van der Waals surface area (Å²) >= 11 is 14.4. The van der Waals surface area contributed by atoms with Crippen molar-refractivity contribution in [2.75, 3.05) is 6.54 Å². The largest absolute Gasteiger partial charge is 0.341 e. The summed E-state index contributed by atoms with van der Waals surface area (Å²) in [6.07, 6.45) is 1.81. The molecule has 0 amide bonds. The molecule has 0 radical (unpaired) electrons. The van der Waals surface area contributed by atoms with Crippen molar-refractivity contribution in [1.82, 2.24) is 9.88 Å². The van der Waals surface area contributed by atoms with Crippen molar-refractivity contribution in [3.8, 4) is 0 Å². The van der Waals surface area contributed by atoms with Gasteiger partial charge in [0.2, 0.25) is 0 Å². The summed E-state index contributed by atoms with van der Waals surface area (Å²) in [6, 6.07) is 11.7. The molecular formula is C17H15Cl2N3S. The Bertz CT molecular complexity index is 766. The summed E-state index contributed by atoms with van der Waals surface area (Å²) in [4.78, 5) is 11.8. The number of aliphatic imine (C=N–C) groups is 1. The van der Waals surface area contributed by atoms with Gasteiger partial charge in [0.15, 0.2) is 5.17 Å². The minimum atomic E-state index is -0.0372. The SMILES string of the molecule is C[C@@H]1CN2C(=N[C@@H](c3ccccn3)[C@H]2c2ccc(Cl)cc2Cl)S1. The van der Waals surface area contributed by atoms with Crippen LogP contribution in [0.15, 0.2) is 47.6 Å². The van der Waals surface area contributed by atoms with E-state index in [2.05, 4.69) is 16.8 Å². The Balaban J connectivity index is 1.80. The first kappa shape index (κ1) is 15.3. The number of pyridine rings is 1. The molecule has 1 saturated heterocycles. The van der Waals surface area contributed by atoms with E-state index in [9.17, 15) is 0 Å². The summed E-state index contributed by atoms with van der Waals surface area (Å²) in [5.41, 5.74) is 2.03. The summed E-state index contributed by atoms with van der Waals surface area (Å²) in [7, 11) is 0. The molecule has 118 valence electrons. The van der Waals surface area contributed by atoms with E-state index in [1.807, 2.05) is 48.3 Å². The van der Waals surface area contributed by atoms with Gasteiger partial charge in [0.25, 0.3) is 0 Å². The smallest absolute Gasteiger partial charge is 0.160 e. The first-order chi connectivity index (χ1) is 11.1. The highest BCUT2D eigenvalue weighted by atomic mass is 35.5. The van der Waals surface area contributed by atoms with E-state index in [1.165, 1.54) is 0 Å². The van der Waals surface area contributed by atoms with Crippen LogP contribution in [-0.4, -0.2) is 26.8 Å². The van der Waals surface area contributed by atoms with Crippen LogP contribution in [-0.2, 0) is 0 Å². The molecule has 1 aromatic carbocycles. The fourth-order valence-electron chi connectivity index (χ4n) is 3.20. The third kappa shape index (κ3) is 2.73. The predicted molar refractivity (Wildman–Crippen MR) is 97.4 cm³/mol. The quantitative estimate of drug-likeness (QED) is 0.753. The van der Waals surface area contributed by atoms with Crippen LogP contribution >= 0.6 is 35.0 Å². The van der Waals surface area contributed by atoms with Crippen LogP contribution in [0.4, 0.5) is 0 Å². The number of aromatic nitrogens is 1. The molecule has 3 nitrogen and oxygen atoms in total. The van der Waals surface area contributed by atoms with E-state index < -0.39 is 0 Å². The highest BCUT2D eigenvalue weighted by Gasteiger charge is 2.44. The fourth-order valence-corrected chi connectivity index (χ4v) is 4.81. The lowest BCUT2D eigenvalue weighted by Crippen LogP contribution is -2.28. The number of hydrogen-bond acceptors (Lipinski definition) is 4. The molecule has 0 N–H and O–H groups in total. The van der Waals surface area contributed by atoms with Crippen molar-refractivity contribution in [2.24, 2.45) is 4.99 Å². The maximum absolute atomic E-state index is 6.50. The lowest BCUT2D eigenvalue weighted by Gasteiger charge is -2.28. The molecule has 2 aromatic rings. The molecule has 2 aliphatic heterocycles. The molecule has 0 aliphatic carbocycles. The zero-order chi connectivity index (χ0) is 16.0. The monoisotopic (exact) mass is 363 g/mol. The molecule has 0 spiro atoms. The van der Waals surface area contributed by atoms with Crippen LogP contribution in [0.5, 0.6) is 0 Å². The minimum absolute atomic E-state index is 0.0372. The summed E-state index contributed by atoms with van der Waals surface area (Å²) < 4.78 is 0. The number of rotatable bonds is 2. The molecule has 3 heterocycles. The number of fused-ring (bicyclic) bond motifs is 1. The van der Waals surface area contributed by atoms with Crippen molar-refractivity contribution in [3.05, 3.63) is 63.9 Å². The zero-order valence-corrected chi connectivity index (χ0v) is 14.8. The van der Waals surface area contributed by atoms with E-state index in [0.29, 0.717) is 15.3 Å². The molecule has 1 aromatic heterocycles. The minimum Gasteiger partial charge on any atom is -0.341 e. The molecule has 0 saturated carbocycles. The van der Waals surface area contributed by atoms with E-state index >= 15 is 0 Å². The third-order valence-corrected chi connectivity index (χ3v) is 5.83. The maximum atomic E-state index is 6.50. The lowest BCUT2D eigenvalue weighted by atomic mass is 9.96. The third-order valence-electron chi connectivity index (χ3n) is 4.16. The predicted octanol–water partition coefficient (Wildman–Crippen LogP) is 4.98. The van der Waals surface area contributed by atoms with Crippen molar-refractivity contribution < 1.29 is 0 Å². The molecular weight excluding hydrogens is 349 g/mol. The topological polar surface area (TPSA) is 28.5 Å². The van der Waals surface area contributed by atoms with Gasteiger partial charge >= 0.3 is 0 Å². The summed E-state index contributed by atoms with van der Waals surface area (Å²) in [6.45, 7) is 3.19. The Kier molecular flexibility index (Phi) is 4.00. The Morgan fingerprint density at radius 1 is 1.22 bits per heavy atom. The van der Waals surface area contributed by atoms with E-state index in [-0.39, 0.29) is 12.1 Å². The average Bonchev–Trinajstić information content (AvgIpc) is 3.05. The van der Waals surface area contributed by atoms with Gasteiger partial charge in [0.05, 0.1) is 11.7 Å². The van der Waals surface area contributed by atoms with Gasteiger partial charge in [-0.2, -0.15) is 0 Å².